The molecule has 4 heteroatoms. The van der Waals surface area contributed by atoms with Crippen molar-refractivity contribution < 1.29 is 9.53 Å². The largest absolute Gasteiger partial charge is 0.494 e. The first-order valence-corrected chi connectivity index (χ1v) is 5.69. The fraction of sp³-hybridized carbons (Fsp3) is 0.143. The van der Waals surface area contributed by atoms with Crippen molar-refractivity contribution in [2.24, 2.45) is 5.73 Å². The van der Waals surface area contributed by atoms with Gasteiger partial charge in [0.05, 0.1) is 12.2 Å². The number of rotatable bonds is 4. The number of nitrogens with two attached hydrogens (primary N) is 1. The number of primary amides is 1. The number of nitrogens with zero attached hydrogens (tertiary/aromatic N) is 1. The lowest BCUT2D eigenvalue weighted by molar-refractivity contribution is 0.1000. The maximum atomic E-state index is 11.1. The van der Waals surface area contributed by atoms with Crippen LogP contribution in [0.1, 0.15) is 17.3 Å². The van der Waals surface area contributed by atoms with Crippen LogP contribution in [0, 0.1) is 0 Å². The molecule has 0 spiro atoms. The van der Waals surface area contributed by atoms with Gasteiger partial charge in [-0.15, -0.1) is 0 Å². The van der Waals surface area contributed by atoms with Crippen LogP contribution in [0.3, 0.4) is 0 Å². The number of benzene rings is 1. The molecule has 0 aliphatic heterocycles. The molecule has 1 heterocycles. The molecule has 2 aromatic rings. The summed E-state index contributed by atoms with van der Waals surface area (Å²) in [7, 11) is 0. The maximum Gasteiger partial charge on any atom is 0.250 e. The van der Waals surface area contributed by atoms with Gasteiger partial charge >= 0.3 is 0 Å². The summed E-state index contributed by atoms with van der Waals surface area (Å²) in [5, 5.41) is 0. The van der Waals surface area contributed by atoms with Crippen molar-refractivity contribution in [3.05, 3.63) is 48.3 Å². The first kappa shape index (κ1) is 12.1. The fourth-order valence-electron chi connectivity index (χ4n) is 1.64. The van der Waals surface area contributed by atoms with Crippen LogP contribution in [0.2, 0.25) is 0 Å². The Labute approximate surface area is 105 Å². The fourth-order valence-corrected chi connectivity index (χ4v) is 1.64. The van der Waals surface area contributed by atoms with Gasteiger partial charge in [-0.3, -0.25) is 9.78 Å². The zero-order valence-electron chi connectivity index (χ0n) is 10.1. The van der Waals surface area contributed by atoms with Crippen molar-refractivity contribution in [1.82, 2.24) is 4.98 Å². The van der Waals surface area contributed by atoms with E-state index in [9.17, 15) is 4.79 Å². The molecular formula is C14H14N2O2. The van der Waals surface area contributed by atoms with Gasteiger partial charge in [0.1, 0.15) is 5.75 Å². The van der Waals surface area contributed by atoms with E-state index < -0.39 is 5.91 Å². The average molecular weight is 242 g/mol. The Morgan fingerprint density at radius 3 is 2.56 bits per heavy atom. The minimum atomic E-state index is -0.477. The van der Waals surface area contributed by atoms with Crippen molar-refractivity contribution in [3.8, 4) is 16.9 Å². The SMILES string of the molecule is CCOc1ccc(-c2cncc(C(N)=O)c2)cc1. The van der Waals surface area contributed by atoms with Gasteiger partial charge in [-0.1, -0.05) is 12.1 Å². The lowest BCUT2D eigenvalue weighted by Gasteiger charge is -2.05. The molecule has 0 aliphatic rings. The van der Waals surface area contributed by atoms with Gasteiger partial charge < -0.3 is 10.5 Å². The molecule has 0 saturated heterocycles. The van der Waals surface area contributed by atoms with E-state index in [0.717, 1.165) is 16.9 Å². The Bertz CT molecular complexity index is 550. The summed E-state index contributed by atoms with van der Waals surface area (Å²) in [6.45, 7) is 2.58. The molecule has 2 N–H and O–H groups in total. The molecule has 92 valence electrons. The summed E-state index contributed by atoms with van der Waals surface area (Å²) in [6.07, 6.45) is 3.16. The van der Waals surface area contributed by atoms with E-state index in [0.29, 0.717) is 12.2 Å². The number of hydrogen-bond donors (Lipinski definition) is 1. The molecule has 0 aliphatic carbocycles. The molecule has 0 saturated carbocycles. The summed E-state index contributed by atoms with van der Waals surface area (Å²) in [5.41, 5.74) is 7.45. The van der Waals surface area contributed by atoms with Crippen LogP contribution in [0.4, 0.5) is 0 Å². The number of aromatic nitrogens is 1. The maximum absolute atomic E-state index is 11.1. The van der Waals surface area contributed by atoms with Crippen molar-refractivity contribution in [2.75, 3.05) is 6.61 Å². The molecule has 1 aromatic carbocycles. The first-order valence-electron chi connectivity index (χ1n) is 5.69. The predicted molar refractivity (Wildman–Crippen MR) is 69.4 cm³/mol. The summed E-state index contributed by atoms with van der Waals surface area (Å²) in [4.78, 5) is 15.1. The van der Waals surface area contributed by atoms with E-state index in [-0.39, 0.29) is 0 Å². The van der Waals surface area contributed by atoms with Gasteiger partial charge in [0.15, 0.2) is 0 Å². The Morgan fingerprint density at radius 2 is 1.94 bits per heavy atom. The lowest BCUT2D eigenvalue weighted by atomic mass is 10.1. The van der Waals surface area contributed by atoms with Crippen molar-refractivity contribution in [3.63, 3.8) is 0 Å². The highest BCUT2D eigenvalue weighted by Crippen LogP contribution is 2.22. The van der Waals surface area contributed by atoms with Crippen LogP contribution >= 0.6 is 0 Å². The Balaban J connectivity index is 2.30. The van der Waals surface area contributed by atoms with Crippen LogP contribution in [-0.2, 0) is 0 Å². The number of carbonyl (C=O) groups excluding carboxylic acids is 1. The molecule has 2 rings (SSSR count). The molecular weight excluding hydrogens is 228 g/mol. The van der Waals surface area contributed by atoms with Crippen molar-refractivity contribution in [1.29, 1.82) is 0 Å². The molecule has 0 unspecified atom stereocenters. The second kappa shape index (κ2) is 5.31. The Kier molecular flexibility index (Phi) is 3.57. The standard InChI is InChI=1S/C14H14N2O2/c1-2-18-13-5-3-10(4-6-13)11-7-12(14(15)17)9-16-8-11/h3-9H,2H2,1H3,(H2,15,17). The van der Waals surface area contributed by atoms with E-state index in [1.807, 2.05) is 31.2 Å². The van der Waals surface area contributed by atoms with E-state index in [1.54, 1.807) is 12.3 Å². The zero-order chi connectivity index (χ0) is 13.0. The quantitative estimate of drug-likeness (QED) is 0.894. The predicted octanol–water partition coefficient (Wildman–Crippen LogP) is 2.25. The summed E-state index contributed by atoms with van der Waals surface area (Å²) >= 11 is 0. The number of carbonyl (C=O) groups is 1. The second-order valence-corrected chi connectivity index (χ2v) is 3.78. The minimum absolute atomic E-state index is 0.404. The zero-order valence-corrected chi connectivity index (χ0v) is 10.1. The van der Waals surface area contributed by atoms with Crippen LogP contribution in [-0.4, -0.2) is 17.5 Å². The molecule has 18 heavy (non-hydrogen) atoms. The van der Waals surface area contributed by atoms with Crippen molar-refractivity contribution in [2.45, 2.75) is 6.92 Å². The summed E-state index contributed by atoms with van der Waals surface area (Å²) in [5.74, 6) is 0.343. The average Bonchev–Trinajstić information content (AvgIpc) is 2.40. The minimum Gasteiger partial charge on any atom is -0.494 e. The number of pyridine rings is 1. The van der Waals surface area contributed by atoms with E-state index in [4.69, 9.17) is 10.5 Å². The first-order chi connectivity index (χ1) is 8.70. The number of amides is 1. The molecule has 0 bridgehead atoms. The van der Waals surface area contributed by atoms with E-state index >= 15 is 0 Å². The summed E-state index contributed by atoms with van der Waals surface area (Å²) in [6, 6.07) is 9.34. The van der Waals surface area contributed by atoms with Gasteiger partial charge in [0.2, 0.25) is 5.91 Å². The Morgan fingerprint density at radius 1 is 1.22 bits per heavy atom. The molecule has 1 aromatic heterocycles. The van der Waals surface area contributed by atoms with Gasteiger partial charge in [0.25, 0.3) is 0 Å². The molecule has 0 fully saturated rings. The van der Waals surface area contributed by atoms with E-state index in [2.05, 4.69) is 4.98 Å². The third kappa shape index (κ3) is 2.66. The van der Waals surface area contributed by atoms with E-state index in [1.165, 1.54) is 6.20 Å². The Hall–Kier alpha value is -2.36. The summed E-state index contributed by atoms with van der Waals surface area (Å²) < 4.78 is 5.37. The van der Waals surface area contributed by atoms with Crippen molar-refractivity contribution >= 4 is 5.91 Å². The molecule has 4 nitrogen and oxygen atoms in total. The third-order valence-corrected chi connectivity index (χ3v) is 2.52. The van der Waals surface area contributed by atoms with Gasteiger partial charge in [0, 0.05) is 18.0 Å². The molecule has 1 amide bonds. The second-order valence-electron chi connectivity index (χ2n) is 3.78. The third-order valence-electron chi connectivity index (χ3n) is 2.52. The topological polar surface area (TPSA) is 65.2 Å². The normalized spacial score (nSPS) is 10.1. The van der Waals surface area contributed by atoms with Crippen LogP contribution in [0.25, 0.3) is 11.1 Å². The van der Waals surface area contributed by atoms with Gasteiger partial charge in [-0.05, 0) is 30.7 Å². The van der Waals surface area contributed by atoms with Crippen LogP contribution in [0.15, 0.2) is 42.7 Å². The highest BCUT2D eigenvalue weighted by molar-refractivity contribution is 5.93. The van der Waals surface area contributed by atoms with Gasteiger partial charge in [-0.25, -0.2) is 0 Å². The van der Waals surface area contributed by atoms with Gasteiger partial charge in [-0.2, -0.15) is 0 Å². The van der Waals surface area contributed by atoms with Crippen LogP contribution in [0.5, 0.6) is 5.75 Å². The number of ether oxygens (including phenoxy) is 1. The lowest BCUT2D eigenvalue weighted by Crippen LogP contribution is -2.11. The number of hydrogen-bond acceptors (Lipinski definition) is 3. The highest BCUT2D eigenvalue weighted by atomic mass is 16.5. The molecule has 0 atom stereocenters. The highest BCUT2D eigenvalue weighted by Gasteiger charge is 2.04. The molecule has 0 radical (unpaired) electrons. The van der Waals surface area contributed by atoms with Crippen LogP contribution < -0.4 is 10.5 Å². The monoisotopic (exact) mass is 242 g/mol. The smallest absolute Gasteiger partial charge is 0.250 e.